The maximum Gasteiger partial charge on any atom is 0.132 e. The minimum atomic E-state index is 0.932. The molecule has 1 aromatic rings. The van der Waals surface area contributed by atoms with Crippen LogP contribution in [0.1, 0.15) is 25.7 Å². The summed E-state index contributed by atoms with van der Waals surface area (Å²) in [6.07, 6.45) is 6.54. The molecule has 1 heterocycles. The molecule has 4 heteroatoms. The molecule has 4 nitrogen and oxygen atoms in total. The predicted molar refractivity (Wildman–Crippen MR) is 71.0 cm³/mol. The van der Waals surface area contributed by atoms with Crippen molar-refractivity contribution >= 4 is 17.7 Å². The standard InChI is InChI=1S/C13H19N3O/c17-15-11-14-12-5-7-13(8-6-12)16-9-3-1-2-4-10-16/h5-8,11,17H,1-4,9-10H2,(H,14,15). The third-order valence-corrected chi connectivity index (χ3v) is 3.13. The topological polar surface area (TPSA) is 47.9 Å². The summed E-state index contributed by atoms with van der Waals surface area (Å²) < 4.78 is 0. The molecular weight excluding hydrogens is 214 g/mol. The third-order valence-electron chi connectivity index (χ3n) is 3.13. The van der Waals surface area contributed by atoms with Gasteiger partial charge in [-0.2, -0.15) is 0 Å². The average Bonchev–Trinajstić information content (AvgIpc) is 2.66. The fourth-order valence-corrected chi connectivity index (χ4v) is 2.20. The molecule has 1 aliphatic heterocycles. The third kappa shape index (κ3) is 3.37. The van der Waals surface area contributed by atoms with E-state index in [4.69, 9.17) is 5.21 Å². The number of hydrogen-bond donors (Lipinski definition) is 2. The number of rotatable bonds is 3. The number of benzene rings is 1. The van der Waals surface area contributed by atoms with Gasteiger partial charge in [-0.3, -0.25) is 0 Å². The first-order valence-corrected chi connectivity index (χ1v) is 6.17. The Hall–Kier alpha value is -1.71. The zero-order valence-electron chi connectivity index (χ0n) is 9.97. The highest BCUT2D eigenvalue weighted by atomic mass is 16.4. The summed E-state index contributed by atoms with van der Waals surface area (Å²) in [5.41, 5.74) is 2.21. The fraction of sp³-hybridized carbons (Fsp3) is 0.462. The normalized spacial score (nSPS) is 17.1. The van der Waals surface area contributed by atoms with Crippen LogP contribution in [0.5, 0.6) is 0 Å². The Morgan fingerprint density at radius 3 is 2.29 bits per heavy atom. The van der Waals surface area contributed by atoms with Crippen molar-refractivity contribution in [2.24, 2.45) is 5.16 Å². The molecule has 2 N–H and O–H groups in total. The Morgan fingerprint density at radius 2 is 1.71 bits per heavy atom. The van der Waals surface area contributed by atoms with Gasteiger partial charge >= 0.3 is 0 Å². The summed E-state index contributed by atoms with van der Waals surface area (Å²) in [6.45, 7) is 2.32. The van der Waals surface area contributed by atoms with Gasteiger partial charge in [-0.15, -0.1) is 0 Å². The number of nitrogens with one attached hydrogen (secondary N) is 1. The highest BCUT2D eigenvalue weighted by Gasteiger charge is 2.09. The molecule has 0 saturated carbocycles. The molecule has 0 unspecified atom stereocenters. The first-order valence-electron chi connectivity index (χ1n) is 6.17. The van der Waals surface area contributed by atoms with Crippen molar-refractivity contribution in [1.82, 2.24) is 0 Å². The summed E-state index contributed by atoms with van der Waals surface area (Å²) in [7, 11) is 0. The summed E-state index contributed by atoms with van der Waals surface area (Å²) in [4.78, 5) is 2.44. The number of anilines is 2. The quantitative estimate of drug-likeness (QED) is 0.365. The smallest absolute Gasteiger partial charge is 0.132 e. The second kappa shape index (κ2) is 6.13. The molecule has 17 heavy (non-hydrogen) atoms. The van der Waals surface area contributed by atoms with Crippen LogP contribution in [-0.2, 0) is 0 Å². The molecule has 1 aromatic carbocycles. The van der Waals surface area contributed by atoms with Gasteiger partial charge in [0.05, 0.1) is 0 Å². The zero-order chi connectivity index (χ0) is 11.9. The SMILES string of the molecule is O/N=C/Nc1ccc(N2CCCCCC2)cc1. The van der Waals surface area contributed by atoms with E-state index in [0.29, 0.717) is 0 Å². The lowest BCUT2D eigenvalue weighted by atomic mass is 10.2. The van der Waals surface area contributed by atoms with Crippen LogP contribution >= 0.6 is 0 Å². The van der Waals surface area contributed by atoms with Crippen molar-refractivity contribution in [2.45, 2.75) is 25.7 Å². The first-order chi connectivity index (χ1) is 8.40. The minimum Gasteiger partial charge on any atom is -0.410 e. The molecule has 1 aliphatic rings. The van der Waals surface area contributed by atoms with E-state index in [2.05, 4.69) is 27.5 Å². The maximum atomic E-state index is 8.32. The number of oxime groups is 1. The van der Waals surface area contributed by atoms with E-state index < -0.39 is 0 Å². The maximum absolute atomic E-state index is 8.32. The second-order valence-electron chi connectivity index (χ2n) is 4.34. The van der Waals surface area contributed by atoms with E-state index in [0.717, 1.165) is 18.8 Å². The van der Waals surface area contributed by atoms with Gasteiger partial charge in [-0.1, -0.05) is 18.0 Å². The van der Waals surface area contributed by atoms with Crippen molar-refractivity contribution in [3.63, 3.8) is 0 Å². The van der Waals surface area contributed by atoms with Gasteiger partial charge in [-0.05, 0) is 37.1 Å². The van der Waals surface area contributed by atoms with Crippen molar-refractivity contribution in [3.05, 3.63) is 24.3 Å². The molecule has 2 rings (SSSR count). The summed E-state index contributed by atoms with van der Waals surface area (Å²) >= 11 is 0. The van der Waals surface area contributed by atoms with E-state index in [9.17, 15) is 0 Å². The van der Waals surface area contributed by atoms with Gasteiger partial charge < -0.3 is 15.4 Å². The zero-order valence-corrected chi connectivity index (χ0v) is 9.97. The molecule has 1 fully saturated rings. The Balaban J connectivity index is 2.00. The number of nitrogens with zero attached hydrogens (tertiary/aromatic N) is 2. The van der Waals surface area contributed by atoms with E-state index in [1.165, 1.54) is 37.7 Å². The Labute approximate surface area is 102 Å². The minimum absolute atomic E-state index is 0.932. The van der Waals surface area contributed by atoms with Crippen molar-refractivity contribution in [2.75, 3.05) is 23.3 Å². The molecule has 0 radical (unpaired) electrons. The van der Waals surface area contributed by atoms with Gasteiger partial charge in [0.2, 0.25) is 0 Å². The van der Waals surface area contributed by atoms with Gasteiger partial charge in [0.15, 0.2) is 0 Å². The van der Waals surface area contributed by atoms with E-state index >= 15 is 0 Å². The predicted octanol–water partition coefficient (Wildman–Crippen LogP) is 2.90. The van der Waals surface area contributed by atoms with Gasteiger partial charge in [0.25, 0.3) is 0 Å². The molecule has 0 spiro atoms. The van der Waals surface area contributed by atoms with Crippen LogP contribution in [0, 0.1) is 0 Å². The monoisotopic (exact) mass is 233 g/mol. The molecule has 92 valence electrons. The Kier molecular flexibility index (Phi) is 4.24. The molecule has 0 aromatic heterocycles. The summed E-state index contributed by atoms with van der Waals surface area (Å²) in [5.74, 6) is 0. The Bertz CT molecular complexity index is 353. The van der Waals surface area contributed by atoms with Gasteiger partial charge in [-0.25, -0.2) is 0 Å². The van der Waals surface area contributed by atoms with E-state index in [1.807, 2.05) is 12.1 Å². The lowest BCUT2D eigenvalue weighted by Gasteiger charge is -2.22. The van der Waals surface area contributed by atoms with Crippen LogP contribution in [-0.4, -0.2) is 24.6 Å². The van der Waals surface area contributed by atoms with Crippen molar-refractivity contribution in [3.8, 4) is 0 Å². The molecule has 1 saturated heterocycles. The van der Waals surface area contributed by atoms with E-state index in [1.54, 1.807) is 0 Å². The summed E-state index contributed by atoms with van der Waals surface area (Å²) in [5, 5.41) is 14.1. The van der Waals surface area contributed by atoms with Crippen molar-refractivity contribution in [1.29, 1.82) is 0 Å². The van der Waals surface area contributed by atoms with E-state index in [-0.39, 0.29) is 0 Å². The number of hydrogen-bond acceptors (Lipinski definition) is 3. The molecule has 0 amide bonds. The highest BCUT2D eigenvalue weighted by Crippen LogP contribution is 2.21. The van der Waals surface area contributed by atoms with Crippen LogP contribution < -0.4 is 10.2 Å². The van der Waals surface area contributed by atoms with Crippen LogP contribution in [0.15, 0.2) is 29.4 Å². The van der Waals surface area contributed by atoms with Crippen LogP contribution in [0.4, 0.5) is 11.4 Å². The Morgan fingerprint density at radius 1 is 1.06 bits per heavy atom. The van der Waals surface area contributed by atoms with Crippen LogP contribution in [0.25, 0.3) is 0 Å². The lowest BCUT2D eigenvalue weighted by molar-refractivity contribution is 0.321. The van der Waals surface area contributed by atoms with Crippen molar-refractivity contribution < 1.29 is 5.21 Å². The average molecular weight is 233 g/mol. The van der Waals surface area contributed by atoms with Gasteiger partial charge in [0.1, 0.15) is 6.34 Å². The largest absolute Gasteiger partial charge is 0.410 e. The van der Waals surface area contributed by atoms with Crippen LogP contribution in [0.3, 0.4) is 0 Å². The highest BCUT2D eigenvalue weighted by molar-refractivity contribution is 5.75. The molecule has 0 bridgehead atoms. The lowest BCUT2D eigenvalue weighted by Crippen LogP contribution is -2.23. The molecule has 0 aliphatic carbocycles. The fourth-order valence-electron chi connectivity index (χ4n) is 2.20. The first kappa shape index (κ1) is 11.8. The summed E-state index contributed by atoms with van der Waals surface area (Å²) in [6, 6.07) is 8.22. The second-order valence-corrected chi connectivity index (χ2v) is 4.34. The molecule has 0 atom stereocenters. The molecular formula is C13H19N3O. The van der Waals surface area contributed by atoms with Crippen LogP contribution in [0.2, 0.25) is 0 Å². The van der Waals surface area contributed by atoms with Gasteiger partial charge in [0, 0.05) is 24.5 Å².